The van der Waals surface area contributed by atoms with Crippen LogP contribution in [0.2, 0.25) is 5.02 Å². The largest absolute Gasteiger partial charge is 0.491 e. The van der Waals surface area contributed by atoms with Crippen LogP contribution in [0.5, 0.6) is 5.75 Å². The maximum absolute atomic E-state index is 13.8. The molecule has 0 bridgehead atoms. The van der Waals surface area contributed by atoms with Crippen LogP contribution in [0.25, 0.3) is 0 Å². The number of ether oxygens (including phenoxy) is 1. The van der Waals surface area contributed by atoms with Crippen LogP contribution in [0.15, 0.2) is 53.9 Å². The number of aryl methyl sites for hydroxylation is 2. The van der Waals surface area contributed by atoms with Crippen molar-refractivity contribution in [3.8, 4) is 5.75 Å². The third kappa shape index (κ3) is 5.60. The van der Waals surface area contributed by atoms with Gasteiger partial charge in [-0.25, -0.2) is 0 Å². The number of fused-ring (bicyclic) bond motifs is 1. The average Bonchev–Trinajstić information content (AvgIpc) is 3.31. The summed E-state index contributed by atoms with van der Waals surface area (Å²) in [5, 5.41) is 2.76. The van der Waals surface area contributed by atoms with Crippen molar-refractivity contribution >= 4 is 34.8 Å². The number of benzene rings is 2. The Labute approximate surface area is 222 Å². The lowest BCUT2D eigenvalue weighted by molar-refractivity contribution is -0.136. The van der Waals surface area contributed by atoms with Crippen LogP contribution in [0, 0.1) is 13.8 Å². The first kappa shape index (κ1) is 26.2. The lowest BCUT2D eigenvalue weighted by Crippen LogP contribution is -2.53. The molecule has 1 aromatic heterocycles. The molecule has 0 unspecified atom stereocenters. The summed E-state index contributed by atoms with van der Waals surface area (Å²) in [6.45, 7) is 10.7. The fourth-order valence-corrected chi connectivity index (χ4v) is 5.60. The molecule has 0 aliphatic carbocycles. The number of carbonyl (C=O) groups is 2. The summed E-state index contributed by atoms with van der Waals surface area (Å²) in [5.74, 6) is 0.508. The highest BCUT2D eigenvalue weighted by atomic mass is 35.5. The predicted molar refractivity (Wildman–Crippen MR) is 146 cm³/mol. The Morgan fingerprint density at radius 3 is 2.56 bits per heavy atom. The second-order valence-electron chi connectivity index (χ2n) is 10.3. The van der Waals surface area contributed by atoms with Gasteiger partial charge in [0.05, 0.1) is 6.04 Å². The van der Waals surface area contributed by atoms with Crippen molar-refractivity contribution in [3.05, 3.63) is 86.1 Å². The molecule has 2 heterocycles. The van der Waals surface area contributed by atoms with Gasteiger partial charge >= 0.3 is 0 Å². The SMILES string of the molecule is Cc1cc(OC[C@@H]2c3ccsc3CCN2C(=O)CN(C(=O)c2ccccc2C)C(C)(C)C)ccc1Cl. The number of halogens is 1. The molecule has 0 fully saturated rings. The van der Waals surface area contributed by atoms with Gasteiger partial charge in [-0.15, -0.1) is 11.3 Å². The van der Waals surface area contributed by atoms with Crippen LogP contribution in [0.3, 0.4) is 0 Å². The zero-order valence-electron chi connectivity index (χ0n) is 21.5. The number of thiophene rings is 1. The first-order chi connectivity index (χ1) is 17.1. The molecule has 0 N–H and O–H groups in total. The Morgan fingerprint density at radius 1 is 1.11 bits per heavy atom. The minimum absolute atomic E-state index is 0.00664. The van der Waals surface area contributed by atoms with Crippen LogP contribution in [-0.4, -0.2) is 46.8 Å². The van der Waals surface area contributed by atoms with Gasteiger partial charge in [-0.05, 0) is 93.4 Å². The molecule has 190 valence electrons. The summed E-state index contributed by atoms with van der Waals surface area (Å²) in [7, 11) is 0. The quantitative estimate of drug-likeness (QED) is 0.371. The number of rotatable bonds is 6. The molecule has 2 amide bonds. The van der Waals surface area contributed by atoms with Crippen molar-refractivity contribution in [2.75, 3.05) is 19.7 Å². The van der Waals surface area contributed by atoms with Crippen LogP contribution in [0.1, 0.15) is 58.7 Å². The van der Waals surface area contributed by atoms with E-state index in [1.54, 1.807) is 16.2 Å². The van der Waals surface area contributed by atoms with E-state index in [9.17, 15) is 9.59 Å². The number of hydrogen-bond donors (Lipinski definition) is 0. The Balaban J connectivity index is 1.57. The van der Waals surface area contributed by atoms with Gasteiger partial charge in [0.1, 0.15) is 18.9 Å². The van der Waals surface area contributed by atoms with E-state index >= 15 is 0 Å². The lowest BCUT2D eigenvalue weighted by Gasteiger charge is -2.40. The summed E-state index contributed by atoms with van der Waals surface area (Å²) >= 11 is 7.89. The van der Waals surface area contributed by atoms with E-state index in [0.29, 0.717) is 23.7 Å². The van der Waals surface area contributed by atoms with E-state index in [1.165, 1.54) is 4.88 Å². The van der Waals surface area contributed by atoms with Gasteiger partial charge in [-0.2, -0.15) is 0 Å². The lowest BCUT2D eigenvalue weighted by atomic mass is 9.99. The summed E-state index contributed by atoms with van der Waals surface area (Å²) in [5.41, 5.74) is 3.06. The molecule has 7 heteroatoms. The number of nitrogens with zero attached hydrogens (tertiary/aromatic N) is 2. The van der Waals surface area contributed by atoms with Crippen molar-refractivity contribution in [1.82, 2.24) is 9.80 Å². The van der Waals surface area contributed by atoms with E-state index in [4.69, 9.17) is 16.3 Å². The van der Waals surface area contributed by atoms with Crippen LogP contribution < -0.4 is 4.74 Å². The molecule has 2 aromatic carbocycles. The normalized spacial score (nSPS) is 15.4. The maximum atomic E-state index is 13.8. The zero-order valence-corrected chi connectivity index (χ0v) is 23.1. The zero-order chi connectivity index (χ0) is 26.0. The van der Waals surface area contributed by atoms with Gasteiger partial charge in [0.2, 0.25) is 5.91 Å². The van der Waals surface area contributed by atoms with E-state index in [1.807, 2.05) is 82.0 Å². The molecule has 0 saturated heterocycles. The predicted octanol–water partition coefficient (Wildman–Crippen LogP) is 6.46. The summed E-state index contributed by atoms with van der Waals surface area (Å²) in [4.78, 5) is 32.2. The van der Waals surface area contributed by atoms with Crippen molar-refractivity contribution < 1.29 is 14.3 Å². The van der Waals surface area contributed by atoms with Gasteiger partial charge in [0.15, 0.2) is 0 Å². The summed E-state index contributed by atoms with van der Waals surface area (Å²) < 4.78 is 6.16. The van der Waals surface area contributed by atoms with Crippen molar-refractivity contribution in [2.24, 2.45) is 0 Å². The topological polar surface area (TPSA) is 49.9 Å². The summed E-state index contributed by atoms with van der Waals surface area (Å²) in [6.07, 6.45) is 0.802. The third-order valence-electron chi connectivity index (χ3n) is 6.68. The van der Waals surface area contributed by atoms with Crippen molar-refractivity contribution in [2.45, 2.75) is 52.6 Å². The molecule has 3 aromatic rings. The molecule has 1 aliphatic rings. The van der Waals surface area contributed by atoms with Crippen molar-refractivity contribution in [3.63, 3.8) is 0 Å². The Hall–Kier alpha value is -2.83. The second kappa shape index (κ2) is 10.7. The van der Waals surface area contributed by atoms with Gasteiger partial charge in [0, 0.05) is 27.5 Å². The molecule has 4 rings (SSSR count). The molecule has 5 nitrogen and oxygen atoms in total. The molecule has 1 atom stereocenters. The number of carbonyl (C=O) groups excluding carboxylic acids is 2. The monoisotopic (exact) mass is 524 g/mol. The summed E-state index contributed by atoms with van der Waals surface area (Å²) in [6, 6.07) is 15.0. The van der Waals surface area contributed by atoms with Gasteiger partial charge in [-0.3, -0.25) is 9.59 Å². The molecule has 0 saturated carbocycles. The third-order valence-corrected chi connectivity index (χ3v) is 8.10. The van der Waals surface area contributed by atoms with Crippen LogP contribution in [-0.2, 0) is 11.2 Å². The van der Waals surface area contributed by atoms with E-state index in [-0.39, 0.29) is 24.4 Å². The van der Waals surface area contributed by atoms with Crippen LogP contribution >= 0.6 is 22.9 Å². The highest BCUT2D eigenvalue weighted by molar-refractivity contribution is 7.10. The van der Waals surface area contributed by atoms with Gasteiger partial charge < -0.3 is 14.5 Å². The molecular formula is C29H33ClN2O3S. The molecule has 0 radical (unpaired) electrons. The molecule has 36 heavy (non-hydrogen) atoms. The first-order valence-electron chi connectivity index (χ1n) is 12.2. The van der Waals surface area contributed by atoms with E-state index in [0.717, 1.165) is 28.9 Å². The number of amides is 2. The first-order valence-corrected chi connectivity index (χ1v) is 13.4. The minimum atomic E-state index is -0.523. The molecule has 0 spiro atoms. The Morgan fingerprint density at radius 2 is 1.86 bits per heavy atom. The van der Waals surface area contributed by atoms with Crippen molar-refractivity contribution in [1.29, 1.82) is 0 Å². The molecular weight excluding hydrogens is 492 g/mol. The minimum Gasteiger partial charge on any atom is -0.491 e. The highest BCUT2D eigenvalue weighted by Gasteiger charge is 2.36. The van der Waals surface area contributed by atoms with Crippen LogP contribution in [0.4, 0.5) is 0 Å². The van der Waals surface area contributed by atoms with E-state index < -0.39 is 5.54 Å². The highest BCUT2D eigenvalue weighted by Crippen LogP contribution is 2.34. The van der Waals surface area contributed by atoms with E-state index in [2.05, 4.69) is 11.4 Å². The maximum Gasteiger partial charge on any atom is 0.255 e. The standard InChI is InChI=1S/C29H33ClN2O3S/c1-19-8-6-7-9-22(19)28(34)32(29(3,4)5)17-27(33)31-14-12-26-23(13-15-36-26)25(31)18-35-21-10-11-24(30)20(2)16-21/h6-11,13,15-16,25H,12,14,17-18H2,1-5H3/t25-/m1/s1. The fraction of sp³-hybridized carbons (Fsp3) is 0.379. The smallest absolute Gasteiger partial charge is 0.255 e. The Bertz CT molecular complexity index is 1260. The van der Waals surface area contributed by atoms with Gasteiger partial charge in [-0.1, -0.05) is 29.8 Å². The fourth-order valence-electron chi connectivity index (χ4n) is 4.55. The van der Waals surface area contributed by atoms with Gasteiger partial charge in [0.25, 0.3) is 5.91 Å². The average molecular weight is 525 g/mol. The number of hydrogen-bond acceptors (Lipinski definition) is 4. The Kier molecular flexibility index (Phi) is 7.76. The second-order valence-corrected chi connectivity index (χ2v) is 11.7. The molecule has 1 aliphatic heterocycles.